The van der Waals surface area contributed by atoms with Gasteiger partial charge in [-0.2, -0.15) is 0 Å². The summed E-state index contributed by atoms with van der Waals surface area (Å²) in [6.07, 6.45) is 3.75. The summed E-state index contributed by atoms with van der Waals surface area (Å²) in [4.78, 5) is 4.24. The van der Waals surface area contributed by atoms with Crippen LogP contribution in [-0.4, -0.2) is 16.6 Å². The maximum Gasteiger partial charge on any atom is 0.207 e. The normalized spacial score (nSPS) is 10.6. The standard InChI is InChI=1S/C14H13N3/c1-15-14-16-8-9-17(14)13-7-6-11-4-2-3-5-12(11)10-13/h2-10H,1H3,(H,15,16). The summed E-state index contributed by atoms with van der Waals surface area (Å²) in [6, 6.07) is 14.7. The summed E-state index contributed by atoms with van der Waals surface area (Å²) in [6.45, 7) is 0. The van der Waals surface area contributed by atoms with Gasteiger partial charge in [-0.15, -0.1) is 0 Å². The number of anilines is 1. The summed E-state index contributed by atoms with van der Waals surface area (Å²) in [5.41, 5.74) is 1.12. The molecule has 1 heterocycles. The Labute approximate surface area is 99.7 Å². The number of aromatic nitrogens is 2. The summed E-state index contributed by atoms with van der Waals surface area (Å²) < 4.78 is 2.03. The third-order valence-electron chi connectivity index (χ3n) is 2.88. The van der Waals surface area contributed by atoms with Crippen LogP contribution in [-0.2, 0) is 0 Å². The highest BCUT2D eigenvalue weighted by molar-refractivity contribution is 5.84. The quantitative estimate of drug-likeness (QED) is 0.723. The van der Waals surface area contributed by atoms with E-state index in [1.807, 2.05) is 17.8 Å². The minimum Gasteiger partial charge on any atom is -0.358 e. The number of fused-ring (bicyclic) bond motifs is 1. The van der Waals surface area contributed by atoms with Gasteiger partial charge in [-0.25, -0.2) is 4.98 Å². The van der Waals surface area contributed by atoms with Crippen molar-refractivity contribution in [3.8, 4) is 5.69 Å². The van der Waals surface area contributed by atoms with Gasteiger partial charge in [0, 0.05) is 25.1 Å². The third kappa shape index (κ3) is 1.65. The molecule has 3 aromatic rings. The van der Waals surface area contributed by atoms with Crippen LogP contribution in [0.25, 0.3) is 16.5 Å². The van der Waals surface area contributed by atoms with E-state index in [1.54, 1.807) is 6.20 Å². The summed E-state index contributed by atoms with van der Waals surface area (Å²) in [7, 11) is 1.87. The molecule has 0 unspecified atom stereocenters. The molecule has 0 saturated carbocycles. The fourth-order valence-electron chi connectivity index (χ4n) is 2.02. The molecule has 1 aromatic heterocycles. The van der Waals surface area contributed by atoms with Crippen LogP contribution in [0.15, 0.2) is 54.9 Å². The summed E-state index contributed by atoms with van der Waals surface area (Å²) in [5.74, 6) is 0.847. The average Bonchev–Trinajstić information content (AvgIpc) is 2.86. The molecule has 0 radical (unpaired) electrons. The molecule has 3 nitrogen and oxygen atoms in total. The highest BCUT2D eigenvalue weighted by Crippen LogP contribution is 2.20. The van der Waals surface area contributed by atoms with E-state index >= 15 is 0 Å². The van der Waals surface area contributed by atoms with Crippen LogP contribution in [0.5, 0.6) is 0 Å². The van der Waals surface area contributed by atoms with E-state index in [4.69, 9.17) is 0 Å². The SMILES string of the molecule is CNc1nccn1-c1ccc2ccccc2c1. The van der Waals surface area contributed by atoms with Crippen molar-refractivity contribution in [2.24, 2.45) is 0 Å². The van der Waals surface area contributed by atoms with Crippen LogP contribution < -0.4 is 5.32 Å². The van der Waals surface area contributed by atoms with Crippen LogP contribution >= 0.6 is 0 Å². The molecule has 0 aliphatic rings. The Balaban J connectivity index is 2.18. The second-order valence-corrected chi connectivity index (χ2v) is 3.90. The molecule has 2 aromatic carbocycles. The number of nitrogens with zero attached hydrogens (tertiary/aromatic N) is 2. The van der Waals surface area contributed by atoms with Crippen molar-refractivity contribution in [2.75, 3.05) is 12.4 Å². The van der Waals surface area contributed by atoms with Crippen LogP contribution in [0, 0.1) is 0 Å². The van der Waals surface area contributed by atoms with E-state index in [9.17, 15) is 0 Å². The van der Waals surface area contributed by atoms with E-state index < -0.39 is 0 Å². The van der Waals surface area contributed by atoms with E-state index in [1.165, 1.54) is 10.8 Å². The number of rotatable bonds is 2. The molecular formula is C14H13N3. The Hall–Kier alpha value is -2.29. The maximum absolute atomic E-state index is 4.24. The molecule has 0 amide bonds. The Kier molecular flexibility index (Phi) is 2.29. The highest BCUT2D eigenvalue weighted by atomic mass is 15.2. The maximum atomic E-state index is 4.24. The Morgan fingerprint density at radius 2 is 1.88 bits per heavy atom. The van der Waals surface area contributed by atoms with E-state index in [2.05, 4.69) is 52.8 Å². The smallest absolute Gasteiger partial charge is 0.207 e. The molecule has 17 heavy (non-hydrogen) atoms. The fraction of sp³-hybridized carbons (Fsp3) is 0.0714. The summed E-state index contributed by atoms with van der Waals surface area (Å²) >= 11 is 0. The average molecular weight is 223 g/mol. The van der Waals surface area contributed by atoms with E-state index in [-0.39, 0.29) is 0 Å². The zero-order valence-electron chi connectivity index (χ0n) is 9.59. The van der Waals surface area contributed by atoms with Gasteiger partial charge in [-0.3, -0.25) is 4.57 Å². The Bertz CT molecular complexity index is 655. The lowest BCUT2D eigenvalue weighted by Gasteiger charge is -2.08. The number of benzene rings is 2. The number of imidazole rings is 1. The molecule has 3 rings (SSSR count). The van der Waals surface area contributed by atoms with Gasteiger partial charge >= 0.3 is 0 Å². The van der Waals surface area contributed by atoms with Gasteiger partial charge in [0.1, 0.15) is 0 Å². The van der Waals surface area contributed by atoms with Gasteiger partial charge in [0.2, 0.25) is 5.95 Å². The van der Waals surface area contributed by atoms with Crippen LogP contribution in [0.1, 0.15) is 0 Å². The van der Waals surface area contributed by atoms with Crippen LogP contribution in [0.3, 0.4) is 0 Å². The fourth-order valence-corrected chi connectivity index (χ4v) is 2.02. The molecule has 1 N–H and O–H groups in total. The van der Waals surface area contributed by atoms with Crippen LogP contribution in [0.4, 0.5) is 5.95 Å². The molecule has 0 saturated heterocycles. The van der Waals surface area contributed by atoms with Crippen molar-refractivity contribution < 1.29 is 0 Å². The molecular weight excluding hydrogens is 210 g/mol. The Morgan fingerprint density at radius 3 is 2.71 bits per heavy atom. The molecule has 0 atom stereocenters. The summed E-state index contributed by atoms with van der Waals surface area (Å²) in [5, 5.41) is 5.56. The molecule has 0 spiro atoms. The first-order chi connectivity index (χ1) is 8.38. The van der Waals surface area contributed by atoms with Crippen molar-refractivity contribution in [1.82, 2.24) is 9.55 Å². The van der Waals surface area contributed by atoms with E-state index in [0.29, 0.717) is 0 Å². The molecule has 0 aliphatic heterocycles. The van der Waals surface area contributed by atoms with Gasteiger partial charge in [0.05, 0.1) is 0 Å². The van der Waals surface area contributed by atoms with Gasteiger partial charge in [0.25, 0.3) is 0 Å². The first-order valence-corrected chi connectivity index (χ1v) is 5.59. The lowest BCUT2D eigenvalue weighted by atomic mass is 10.1. The first-order valence-electron chi connectivity index (χ1n) is 5.59. The van der Waals surface area contributed by atoms with E-state index in [0.717, 1.165) is 11.6 Å². The molecule has 0 aliphatic carbocycles. The molecule has 84 valence electrons. The minimum absolute atomic E-state index is 0.847. The third-order valence-corrected chi connectivity index (χ3v) is 2.88. The number of nitrogens with one attached hydrogen (secondary N) is 1. The second-order valence-electron chi connectivity index (χ2n) is 3.90. The second kappa shape index (κ2) is 3.94. The monoisotopic (exact) mass is 223 g/mol. The predicted octanol–water partition coefficient (Wildman–Crippen LogP) is 3.07. The number of hydrogen-bond donors (Lipinski definition) is 1. The lowest BCUT2D eigenvalue weighted by Crippen LogP contribution is -2.00. The molecule has 3 heteroatoms. The lowest BCUT2D eigenvalue weighted by molar-refractivity contribution is 1.06. The van der Waals surface area contributed by atoms with Crippen molar-refractivity contribution in [2.45, 2.75) is 0 Å². The Morgan fingerprint density at radius 1 is 1.06 bits per heavy atom. The number of hydrogen-bond acceptors (Lipinski definition) is 2. The van der Waals surface area contributed by atoms with Gasteiger partial charge in [-0.05, 0) is 22.9 Å². The minimum atomic E-state index is 0.847. The molecule has 0 bridgehead atoms. The van der Waals surface area contributed by atoms with Crippen molar-refractivity contribution in [3.05, 3.63) is 54.9 Å². The van der Waals surface area contributed by atoms with Gasteiger partial charge < -0.3 is 5.32 Å². The topological polar surface area (TPSA) is 29.9 Å². The highest BCUT2D eigenvalue weighted by Gasteiger charge is 2.03. The van der Waals surface area contributed by atoms with Gasteiger partial charge in [0.15, 0.2) is 0 Å². The molecule has 0 fully saturated rings. The van der Waals surface area contributed by atoms with Crippen molar-refractivity contribution >= 4 is 16.7 Å². The van der Waals surface area contributed by atoms with Crippen LogP contribution in [0.2, 0.25) is 0 Å². The largest absolute Gasteiger partial charge is 0.358 e. The van der Waals surface area contributed by atoms with Crippen molar-refractivity contribution in [3.63, 3.8) is 0 Å². The zero-order chi connectivity index (χ0) is 11.7. The first kappa shape index (κ1) is 9.90. The predicted molar refractivity (Wildman–Crippen MR) is 70.6 cm³/mol. The van der Waals surface area contributed by atoms with Crippen molar-refractivity contribution in [1.29, 1.82) is 0 Å². The van der Waals surface area contributed by atoms with Gasteiger partial charge in [-0.1, -0.05) is 30.3 Å². The zero-order valence-corrected chi connectivity index (χ0v) is 9.59.